The van der Waals surface area contributed by atoms with Crippen molar-refractivity contribution in [1.82, 2.24) is 0 Å². The number of carbonyl (C=O) groups is 1. The van der Waals surface area contributed by atoms with Crippen molar-refractivity contribution >= 4 is 11.5 Å². The lowest BCUT2D eigenvalue weighted by Crippen LogP contribution is -2.40. The fourth-order valence-corrected chi connectivity index (χ4v) is 1.67. The molecule has 0 saturated heterocycles. The molecular weight excluding hydrogens is 190 g/mol. The minimum atomic E-state index is -0.208. The van der Waals surface area contributed by atoms with E-state index in [9.17, 15) is 4.79 Å². The Balaban J connectivity index is 2.15. The number of hydrogen-bond donors (Lipinski definition) is 1. The van der Waals surface area contributed by atoms with E-state index in [2.05, 4.69) is 5.32 Å². The van der Waals surface area contributed by atoms with Gasteiger partial charge in [-0.3, -0.25) is 4.79 Å². The van der Waals surface area contributed by atoms with Gasteiger partial charge < -0.3 is 10.1 Å². The molecule has 2 rings (SSSR count). The van der Waals surface area contributed by atoms with Crippen LogP contribution in [0.2, 0.25) is 0 Å². The molecule has 1 aliphatic rings. The minimum absolute atomic E-state index is 0.0383. The Morgan fingerprint density at radius 1 is 1.47 bits per heavy atom. The van der Waals surface area contributed by atoms with Crippen LogP contribution in [0, 0.1) is 5.92 Å². The quantitative estimate of drug-likeness (QED) is 0.803. The molecule has 80 valence electrons. The highest BCUT2D eigenvalue weighted by Gasteiger charge is 2.26. The number of nitrogens with one attached hydrogen (secondary N) is 1. The first-order valence-corrected chi connectivity index (χ1v) is 5.20. The zero-order chi connectivity index (χ0) is 10.8. The second-order valence-corrected chi connectivity index (χ2v) is 4.06. The highest BCUT2D eigenvalue weighted by Crippen LogP contribution is 2.28. The Hall–Kier alpha value is -1.51. The van der Waals surface area contributed by atoms with E-state index in [1.165, 1.54) is 0 Å². The molecule has 1 aromatic rings. The Labute approximate surface area is 89.4 Å². The van der Waals surface area contributed by atoms with Crippen LogP contribution in [0.15, 0.2) is 24.3 Å². The summed E-state index contributed by atoms with van der Waals surface area (Å²) in [6, 6.07) is 7.47. The highest BCUT2D eigenvalue weighted by molar-refractivity contribution is 5.89. The van der Waals surface area contributed by atoms with Crippen LogP contribution in [0.5, 0.6) is 5.75 Å². The highest BCUT2D eigenvalue weighted by atomic mass is 16.5. The summed E-state index contributed by atoms with van der Waals surface area (Å²) in [5, 5.41) is 3.20. The molecule has 0 spiro atoms. The second-order valence-electron chi connectivity index (χ2n) is 4.06. The van der Waals surface area contributed by atoms with Gasteiger partial charge in [-0.25, -0.2) is 0 Å². The second kappa shape index (κ2) is 3.93. The van der Waals surface area contributed by atoms with Gasteiger partial charge >= 0.3 is 0 Å². The maximum atomic E-state index is 11.8. The molecule has 15 heavy (non-hydrogen) atoms. The maximum absolute atomic E-state index is 11.8. The summed E-state index contributed by atoms with van der Waals surface area (Å²) in [7, 11) is 0. The molecule has 1 aromatic carbocycles. The third kappa shape index (κ3) is 1.96. The molecule has 1 N–H and O–H groups in total. The van der Waals surface area contributed by atoms with Crippen molar-refractivity contribution < 1.29 is 9.53 Å². The number of fused-ring (bicyclic) bond motifs is 1. The number of carbonyl (C=O) groups excluding carboxylic acids is 1. The SMILES string of the molecule is CC(C)C(=O)[C@H]1COc2ccccc2N1. The predicted molar refractivity (Wildman–Crippen MR) is 59.2 cm³/mol. The molecule has 0 aliphatic carbocycles. The molecular formula is C12H15NO2. The maximum Gasteiger partial charge on any atom is 0.161 e. The van der Waals surface area contributed by atoms with E-state index in [1.54, 1.807) is 0 Å². The van der Waals surface area contributed by atoms with Gasteiger partial charge in [0, 0.05) is 5.92 Å². The first-order chi connectivity index (χ1) is 7.18. The predicted octanol–water partition coefficient (Wildman–Crippen LogP) is 2.08. The van der Waals surface area contributed by atoms with E-state index < -0.39 is 0 Å². The van der Waals surface area contributed by atoms with E-state index >= 15 is 0 Å². The smallest absolute Gasteiger partial charge is 0.161 e. The Morgan fingerprint density at radius 2 is 2.20 bits per heavy atom. The zero-order valence-electron chi connectivity index (χ0n) is 8.99. The number of hydrogen-bond acceptors (Lipinski definition) is 3. The van der Waals surface area contributed by atoms with E-state index in [0.717, 1.165) is 11.4 Å². The van der Waals surface area contributed by atoms with Crippen molar-refractivity contribution in [2.45, 2.75) is 19.9 Å². The lowest BCUT2D eigenvalue weighted by Gasteiger charge is -2.27. The summed E-state index contributed by atoms with van der Waals surface area (Å²) >= 11 is 0. The fourth-order valence-electron chi connectivity index (χ4n) is 1.67. The van der Waals surface area contributed by atoms with Crippen LogP contribution in [0.1, 0.15) is 13.8 Å². The van der Waals surface area contributed by atoms with Crippen LogP contribution in [-0.2, 0) is 4.79 Å². The summed E-state index contributed by atoms with van der Waals surface area (Å²) in [5.74, 6) is 1.06. The summed E-state index contributed by atoms with van der Waals surface area (Å²) in [6.45, 7) is 4.24. The number of Topliss-reactive ketones (excluding diaryl/α,β-unsaturated/α-hetero) is 1. The van der Waals surface area contributed by atoms with Gasteiger partial charge in [0.05, 0.1) is 5.69 Å². The summed E-state index contributed by atoms with van der Waals surface area (Å²) in [6.07, 6.45) is 0. The van der Waals surface area contributed by atoms with E-state index in [4.69, 9.17) is 4.74 Å². The van der Waals surface area contributed by atoms with E-state index in [0.29, 0.717) is 6.61 Å². The molecule has 3 heteroatoms. The third-order valence-electron chi connectivity index (χ3n) is 2.53. The number of ketones is 1. The molecule has 1 aliphatic heterocycles. The van der Waals surface area contributed by atoms with Crippen molar-refractivity contribution in [1.29, 1.82) is 0 Å². The number of rotatable bonds is 2. The van der Waals surface area contributed by atoms with Gasteiger partial charge in [-0.15, -0.1) is 0 Å². The number of ether oxygens (including phenoxy) is 1. The minimum Gasteiger partial charge on any atom is -0.489 e. The van der Waals surface area contributed by atoms with Gasteiger partial charge in [0.2, 0.25) is 0 Å². The van der Waals surface area contributed by atoms with Crippen molar-refractivity contribution in [3.05, 3.63) is 24.3 Å². The Morgan fingerprint density at radius 3 is 2.93 bits per heavy atom. The molecule has 0 amide bonds. The average molecular weight is 205 g/mol. The van der Waals surface area contributed by atoms with Crippen molar-refractivity contribution in [3.8, 4) is 5.75 Å². The summed E-state index contributed by atoms with van der Waals surface area (Å²) in [5.41, 5.74) is 0.905. The molecule has 0 fully saturated rings. The van der Waals surface area contributed by atoms with Crippen molar-refractivity contribution in [3.63, 3.8) is 0 Å². The summed E-state index contributed by atoms with van der Waals surface area (Å²) < 4.78 is 5.52. The van der Waals surface area contributed by atoms with Crippen LogP contribution in [0.3, 0.4) is 0 Å². The topological polar surface area (TPSA) is 38.3 Å². The first-order valence-electron chi connectivity index (χ1n) is 5.20. The fraction of sp³-hybridized carbons (Fsp3) is 0.417. The van der Waals surface area contributed by atoms with Crippen LogP contribution in [-0.4, -0.2) is 18.4 Å². The summed E-state index contributed by atoms with van der Waals surface area (Å²) in [4.78, 5) is 11.8. The zero-order valence-corrected chi connectivity index (χ0v) is 8.99. The molecule has 0 radical (unpaired) electrons. The van der Waals surface area contributed by atoms with Gasteiger partial charge in [0.25, 0.3) is 0 Å². The third-order valence-corrected chi connectivity index (χ3v) is 2.53. The monoisotopic (exact) mass is 205 g/mol. The molecule has 0 saturated carbocycles. The van der Waals surface area contributed by atoms with Gasteiger partial charge in [-0.1, -0.05) is 26.0 Å². The molecule has 1 heterocycles. The first kappa shape index (κ1) is 10.0. The van der Waals surface area contributed by atoms with Crippen LogP contribution in [0.4, 0.5) is 5.69 Å². The number of anilines is 1. The standard InChI is InChI=1S/C12H15NO2/c1-8(2)12(14)10-7-15-11-6-4-3-5-9(11)13-10/h3-6,8,10,13H,7H2,1-2H3/t10-/m1/s1. The van der Waals surface area contributed by atoms with Gasteiger partial charge in [-0.2, -0.15) is 0 Å². The molecule has 0 bridgehead atoms. The van der Waals surface area contributed by atoms with E-state index in [-0.39, 0.29) is 17.7 Å². The van der Waals surface area contributed by atoms with E-state index in [1.807, 2.05) is 38.1 Å². The van der Waals surface area contributed by atoms with Crippen molar-refractivity contribution in [2.75, 3.05) is 11.9 Å². The molecule has 0 unspecified atom stereocenters. The lowest BCUT2D eigenvalue weighted by molar-refractivity contribution is -0.123. The Kier molecular flexibility index (Phi) is 2.62. The van der Waals surface area contributed by atoms with Gasteiger partial charge in [0.15, 0.2) is 5.78 Å². The lowest BCUT2D eigenvalue weighted by atomic mass is 10.0. The largest absolute Gasteiger partial charge is 0.489 e. The molecule has 0 aromatic heterocycles. The van der Waals surface area contributed by atoms with Crippen LogP contribution < -0.4 is 10.1 Å². The molecule has 1 atom stereocenters. The number of benzene rings is 1. The van der Waals surface area contributed by atoms with Gasteiger partial charge in [0.1, 0.15) is 18.4 Å². The van der Waals surface area contributed by atoms with Gasteiger partial charge in [-0.05, 0) is 12.1 Å². The van der Waals surface area contributed by atoms with Crippen LogP contribution >= 0.6 is 0 Å². The average Bonchev–Trinajstić information content (AvgIpc) is 2.27. The molecule has 3 nitrogen and oxygen atoms in total. The van der Waals surface area contributed by atoms with Crippen LogP contribution in [0.25, 0.3) is 0 Å². The number of para-hydroxylation sites is 2. The normalized spacial score (nSPS) is 19.0. The Bertz CT molecular complexity index is 374. The van der Waals surface area contributed by atoms with Crippen molar-refractivity contribution in [2.24, 2.45) is 5.92 Å².